The maximum absolute atomic E-state index is 4.02. The van der Waals surface area contributed by atoms with Gasteiger partial charge < -0.3 is 5.32 Å². The van der Waals surface area contributed by atoms with Gasteiger partial charge in [0.05, 0.1) is 0 Å². The van der Waals surface area contributed by atoms with Crippen LogP contribution in [0.1, 0.15) is 22.9 Å². The summed E-state index contributed by atoms with van der Waals surface area (Å²) in [5.74, 6) is 0. The molecule has 0 unspecified atom stereocenters. The van der Waals surface area contributed by atoms with Gasteiger partial charge in [0.1, 0.15) is 10.0 Å². The molecule has 0 radical (unpaired) electrons. The Balaban J connectivity index is 1.85. The lowest BCUT2D eigenvalue weighted by atomic mass is 10.6. The van der Waals surface area contributed by atoms with E-state index in [9.17, 15) is 0 Å². The molecule has 0 spiro atoms. The lowest BCUT2D eigenvalue weighted by Gasteiger charge is -1.95. The molecule has 1 aliphatic carbocycles. The summed E-state index contributed by atoms with van der Waals surface area (Å²) in [6.07, 6.45) is 2.66. The van der Waals surface area contributed by atoms with Gasteiger partial charge in [0, 0.05) is 12.6 Å². The Labute approximate surface area is 69.8 Å². The largest absolute Gasteiger partial charge is 0.308 e. The Kier molecular flexibility index (Phi) is 1.87. The molecule has 1 N–H and O–H groups in total. The predicted octanol–water partition coefficient (Wildman–Crippen LogP) is 1.10. The van der Waals surface area contributed by atoms with Gasteiger partial charge in [-0.1, -0.05) is 0 Å². The zero-order valence-electron chi connectivity index (χ0n) is 6.50. The first kappa shape index (κ1) is 7.18. The van der Waals surface area contributed by atoms with Crippen LogP contribution in [-0.4, -0.2) is 16.2 Å². The number of hydrogen-bond acceptors (Lipinski definition) is 4. The molecule has 11 heavy (non-hydrogen) atoms. The van der Waals surface area contributed by atoms with Crippen molar-refractivity contribution in [2.45, 2.75) is 32.4 Å². The third-order valence-corrected chi connectivity index (χ3v) is 2.53. The van der Waals surface area contributed by atoms with E-state index < -0.39 is 0 Å². The van der Waals surface area contributed by atoms with Crippen molar-refractivity contribution in [3.63, 3.8) is 0 Å². The van der Waals surface area contributed by atoms with E-state index in [1.807, 2.05) is 6.92 Å². The average molecular weight is 169 g/mol. The Morgan fingerprint density at radius 3 is 2.91 bits per heavy atom. The van der Waals surface area contributed by atoms with Crippen LogP contribution in [0.15, 0.2) is 0 Å². The van der Waals surface area contributed by atoms with Crippen LogP contribution >= 0.6 is 11.3 Å². The highest BCUT2D eigenvalue weighted by molar-refractivity contribution is 7.11. The van der Waals surface area contributed by atoms with Gasteiger partial charge in [0.25, 0.3) is 0 Å². The van der Waals surface area contributed by atoms with E-state index in [2.05, 4.69) is 15.5 Å². The number of aromatic nitrogens is 2. The first-order chi connectivity index (χ1) is 5.34. The Morgan fingerprint density at radius 1 is 1.55 bits per heavy atom. The summed E-state index contributed by atoms with van der Waals surface area (Å²) in [5.41, 5.74) is 0. The summed E-state index contributed by atoms with van der Waals surface area (Å²) in [5, 5.41) is 13.5. The molecule has 0 amide bonds. The van der Waals surface area contributed by atoms with Crippen molar-refractivity contribution < 1.29 is 0 Å². The molecular weight excluding hydrogens is 158 g/mol. The summed E-state index contributed by atoms with van der Waals surface area (Å²) >= 11 is 1.67. The second-order valence-electron chi connectivity index (χ2n) is 2.87. The Hall–Kier alpha value is -0.480. The van der Waals surface area contributed by atoms with Gasteiger partial charge in [-0.2, -0.15) is 0 Å². The van der Waals surface area contributed by atoms with E-state index in [-0.39, 0.29) is 0 Å². The van der Waals surface area contributed by atoms with Crippen LogP contribution < -0.4 is 5.32 Å². The molecule has 1 fully saturated rings. The van der Waals surface area contributed by atoms with Gasteiger partial charge in [-0.3, -0.25) is 0 Å². The molecule has 0 aromatic carbocycles. The summed E-state index contributed by atoms with van der Waals surface area (Å²) < 4.78 is 0. The topological polar surface area (TPSA) is 37.8 Å². The predicted molar refractivity (Wildman–Crippen MR) is 44.5 cm³/mol. The van der Waals surface area contributed by atoms with Gasteiger partial charge in [-0.25, -0.2) is 0 Å². The van der Waals surface area contributed by atoms with Crippen molar-refractivity contribution in [1.82, 2.24) is 15.5 Å². The number of hydrogen-bond donors (Lipinski definition) is 1. The molecule has 1 aromatic rings. The van der Waals surface area contributed by atoms with Gasteiger partial charge in [0.15, 0.2) is 0 Å². The fraction of sp³-hybridized carbons (Fsp3) is 0.714. The van der Waals surface area contributed by atoms with Crippen LogP contribution in [0.5, 0.6) is 0 Å². The van der Waals surface area contributed by atoms with E-state index in [1.54, 1.807) is 11.3 Å². The molecule has 0 bridgehead atoms. The number of aryl methyl sites for hydroxylation is 1. The zero-order valence-corrected chi connectivity index (χ0v) is 7.32. The van der Waals surface area contributed by atoms with Crippen molar-refractivity contribution in [1.29, 1.82) is 0 Å². The highest BCUT2D eigenvalue weighted by Gasteiger charge is 2.20. The summed E-state index contributed by atoms with van der Waals surface area (Å²) in [6.45, 7) is 2.88. The van der Waals surface area contributed by atoms with Gasteiger partial charge in [0.2, 0.25) is 0 Å². The molecule has 2 rings (SSSR count). The average Bonchev–Trinajstić information content (AvgIpc) is 2.72. The Morgan fingerprint density at radius 2 is 2.36 bits per heavy atom. The van der Waals surface area contributed by atoms with E-state index in [4.69, 9.17) is 0 Å². The van der Waals surface area contributed by atoms with E-state index in [0.717, 1.165) is 22.6 Å². The van der Waals surface area contributed by atoms with Crippen molar-refractivity contribution >= 4 is 11.3 Å². The van der Waals surface area contributed by atoms with Gasteiger partial charge in [-0.05, 0) is 19.8 Å². The summed E-state index contributed by atoms with van der Waals surface area (Å²) in [4.78, 5) is 0. The number of nitrogens with zero attached hydrogens (tertiary/aromatic N) is 2. The van der Waals surface area contributed by atoms with Crippen molar-refractivity contribution in [3.05, 3.63) is 10.0 Å². The quantitative estimate of drug-likeness (QED) is 0.736. The molecule has 60 valence electrons. The molecule has 0 atom stereocenters. The highest BCUT2D eigenvalue weighted by Crippen LogP contribution is 2.19. The van der Waals surface area contributed by atoms with Crippen LogP contribution in [0.25, 0.3) is 0 Å². The molecule has 0 aliphatic heterocycles. The minimum Gasteiger partial charge on any atom is -0.308 e. The second kappa shape index (κ2) is 2.87. The van der Waals surface area contributed by atoms with Gasteiger partial charge >= 0.3 is 0 Å². The molecule has 1 heterocycles. The van der Waals surface area contributed by atoms with E-state index >= 15 is 0 Å². The third-order valence-electron chi connectivity index (χ3n) is 1.69. The lowest BCUT2D eigenvalue weighted by Crippen LogP contribution is -2.14. The van der Waals surface area contributed by atoms with Gasteiger partial charge in [-0.15, -0.1) is 21.5 Å². The highest BCUT2D eigenvalue weighted by atomic mass is 32.1. The maximum atomic E-state index is 4.02. The van der Waals surface area contributed by atoms with Crippen molar-refractivity contribution in [2.75, 3.05) is 0 Å². The zero-order chi connectivity index (χ0) is 7.68. The second-order valence-corrected chi connectivity index (χ2v) is 4.14. The Bertz CT molecular complexity index is 242. The third kappa shape index (κ3) is 1.97. The molecule has 3 nitrogen and oxygen atoms in total. The number of nitrogens with one attached hydrogen (secondary N) is 1. The summed E-state index contributed by atoms with van der Waals surface area (Å²) in [6, 6.07) is 0.763. The van der Waals surface area contributed by atoms with Crippen LogP contribution in [0.4, 0.5) is 0 Å². The molecule has 1 saturated carbocycles. The minimum absolute atomic E-state index is 0.763. The summed E-state index contributed by atoms with van der Waals surface area (Å²) in [7, 11) is 0. The normalized spacial score (nSPS) is 17.2. The van der Waals surface area contributed by atoms with Crippen LogP contribution in [0.3, 0.4) is 0 Å². The minimum atomic E-state index is 0.763. The van der Waals surface area contributed by atoms with Crippen molar-refractivity contribution in [3.8, 4) is 0 Å². The van der Waals surface area contributed by atoms with Crippen LogP contribution in [0.2, 0.25) is 0 Å². The molecule has 1 aromatic heterocycles. The standard InChI is InChI=1S/C7H11N3S/c1-5-9-10-7(11-5)4-8-6-2-3-6/h6,8H,2-4H2,1H3. The van der Waals surface area contributed by atoms with E-state index in [1.165, 1.54) is 12.8 Å². The van der Waals surface area contributed by atoms with E-state index in [0.29, 0.717) is 0 Å². The lowest BCUT2D eigenvalue weighted by molar-refractivity contribution is 0.678. The fourth-order valence-corrected chi connectivity index (χ4v) is 1.59. The smallest absolute Gasteiger partial charge is 0.131 e. The van der Waals surface area contributed by atoms with Crippen LogP contribution in [0, 0.1) is 6.92 Å². The monoisotopic (exact) mass is 169 g/mol. The molecular formula is C7H11N3S. The first-order valence-electron chi connectivity index (χ1n) is 3.87. The van der Waals surface area contributed by atoms with Crippen molar-refractivity contribution in [2.24, 2.45) is 0 Å². The molecule has 1 aliphatic rings. The van der Waals surface area contributed by atoms with Crippen LogP contribution in [-0.2, 0) is 6.54 Å². The first-order valence-corrected chi connectivity index (χ1v) is 4.68. The number of rotatable bonds is 3. The fourth-order valence-electron chi connectivity index (χ4n) is 0.928. The SMILES string of the molecule is Cc1nnc(CNC2CC2)s1. The maximum Gasteiger partial charge on any atom is 0.131 e. The molecule has 4 heteroatoms. The molecule has 0 saturated heterocycles.